The summed E-state index contributed by atoms with van der Waals surface area (Å²) in [5.41, 5.74) is 2.49. The molecule has 0 bridgehead atoms. The molecule has 0 saturated carbocycles. The monoisotopic (exact) mass is 305 g/mol. The normalized spacial score (nSPS) is 10.8. The highest BCUT2D eigenvalue weighted by Crippen LogP contribution is 2.10. The molecule has 0 saturated heterocycles. The second kappa shape index (κ2) is 6.63. The van der Waals surface area contributed by atoms with Crippen molar-refractivity contribution in [3.63, 3.8) is 0 Å². The molecule has 1 rings (SSSR count). The van der Waals surface area contributed by atoms with Crippen molar-refractivity contribution in [1.82, 2.24) is 15.1 Å². The van der Waals surface area contributed by atoms with E-state index in [1.807, 2.05) is 10.1 Å². The summed E-state index contributed by atoms with van der Waals surface area (Å²) < 4.78 is 22.9. The number of carboxylic acid groups (broad SMARTS) is 1. The Labute approximate surface area is 113 Å². The predicted octanol–water partition coefficient (Wildman–Crippen LogP) is -0.496. The smallest absolute Gasteiger partial charge is 0.404 e. The number of sulfonamides is 1. The van der Waals surface area contributed by atoms with Crippen molar-refractivity contribution in [3.05, 3.63) is 28.4 Å². The van der Waals surface area contributed by atoms with Gasteiger partial charge in [0.15, 0.2) is 6.20 Å². The molecule has 0 aromatic carbocycles. The fourth-order valence-corrected chi connectivity index (χ4v) is 1.79. The summed E-state index contributed by atoms with van der Waals surface area (Å²) in [6, 6.07) is 2.37. The summed E-state index contributed by atoms with van der Waals surface area (Å²) in [7, 11) is -3.75. The zero-order valence-electron chi connectivity index (χ0n) is 9.94. The lowest BCUT2D eigenvalue weighted by Gasteiger charge is -2.08. The van der Waals surface area contributed by atoms with Gasteiger partial charge in [0, 0.05) is 12.6 Å². The first-order chi connectivity index (χ1) is 9.30. The zero-order chi connectivity index (χ0) is 15.2. The van der Waals surface area contributed by atoms with Gasteiger partial charge >= 0.3 is 11.9 Å². The van der Waals surface area contributed by atoms with E-state index in [0.717, 1.165) is 12.3 Å². The number of nitrogens with one attached hydrogen (secondary N) is 3. The first-order valence-corrected chi connectivity index (χ1v) is 6.78. The van der Waals surface area contributed by atoms with Crippen LogP contribution in [0.3, 0.4) is 0 Å². The van der Waals surface area contributed by atoms with Crippen LogP contribution in [0.5, 0.6) is 0 Å². The fourth-order valence-electron chi connectivity index (χ4n) is 1.05. The average molecular weight is 305 g/mol. The number of nitrogens with zero attached hydrogens (tertiary/aromatic N) is 2. The van der Waals surface area contributed by atoms with Crippen molar-refractivity contribution >= 4 is 27.6 Å². The Bertz CT molecular complexity index is 586. The quantitative estimate of drug-likeness (QED) is 0.387. The van der Waals surface area contributed by atoms with E-state index in [0.29, 0.717) is 0 Å². The lowest BCUT2D eigenvalue weighted by atomic mass is 10.4. The molecule has 12 heteroatoms. The highest BCUT2D eigenvalue weighted by atomic mass is 32.2. The third-order valence-electron chi connectivity index (χ3n) is 1.93. The first-order valence-electron chi connectivity index (χ1n) is 5.13. The lowest BCUT2D eigenvalue weighted by molar-refractivity contribution is -0.389. The van der Waals surface area contributed by atoms with Gasteiger partial charge in [0.2, 0.25) is 10.0 Å². The van der Waals surface area contributed by atoms with Gasteiger partial charge in [-0.15, -0.1) is 4.83 Å². The van der Waals surface area contributed by atoms with E-state index in [4.69, 9.17) is 5.11 Å². The van der Waals surface area contributed by atoms with Crippen molar-refractivity contribution in [2.24, 2.45) is 0 Å². The molecule has 1 aromatic rings. The van der Waals surface area contributed by atoms with Crippen LogP contribution in [0.1, 0.15) is 0 Å². The summed E-state index contributed by atoms with van der Waals surface area (Å²) in [6.07, 6.45) is -0.247. The summed E-state index contributed by atoms with van der Waals surface area (Å²) in [4.78, 5) is 25.3. The van der Waals surface area contributed by atoms with Crippen LogP contribution in [0.2, 0.25) is 0 Å². The van der Waals surface area contributed by atoms with Crippen LogP contribution in [0.15, 0.2) is 18.3 Å². The minimum absolute atomic E-state index is 0.199. The highest BCUT2D eigenvalue weighted by molar-refractivity contribution is 7.89. The third kappa shape index (κ3) is 5.45. The molecule has 0 aliphatic rings. The van der Waals surface area contributed by atoms with Crippen LogP contribution in [0.25, 0.3) is 0 Å². The molecule has 0 aliphatic carbocycles. The molecule has 0 fully saturated rings. The Balaban J connectivity index is 2.49. The van der Waals surface area contributed by atoms with Gasteiger partial charge in [-0.2, -0.15) is 0 Å². The molecule has 1 amide bonds. The van der Waals surface area contributed by atoms with Gasteiger partial charge < -0.3 is 26.0 Å². The molecular formula is C8H11N5O6S. The number of hydrazine groups is 1. The minimum Gasteiger partial charge on any atom is -0.465 e. The van der Waals surface area contributed by atoms with E-state index in [1.165, 1.54) is 6.07 Å². The molecule has 0 atom stereocenters. The Morgan fingerprint density at radius 2 is 2.15 bits per heavy atom. The maximum absolute atomic E-state index is 11.4. The topological polar surface area (TPSA) is 164 Å². The van der Waals surface area contributed by atoms with Crippen molar-refractivity contribution in [2.75, 3.05) is 17.7 Å². The molecule has 110 valence electrons. The van der Waals surface area contributed by atoms with Gasteiger partial charge in [-0.3, -0.25) is 0 Å². The van der Waals surface area contributed by atoms with Gasteiger partial charge in [-0.05, 0) is 16.0 Å². The third-order valence-corrected chi connectivity index (χ3v) is 3.09. The number of nitro groups is 1. The molecule has 11 nitrogen and oxygen atoms in total. The Hall–Kier alpha value is -2.47. The lowest BCUT2D eigenvalue weighted by Crippen LogP contribution is -2.36. The highest BCUT2D eigenvalue weighted by Gasteiger charge is 2.11. The fraction of sp³-hybridized carbons (Fsp3) is 0.250. The van der Waals surface area contributed by atoms with E-state index in [2.05, 4.69) is 10.4 Å². The summed E-state index contributed by atoms with van der Waals surface area (Å²) in [6.45, 7) is -0.273. The van der Waals surface area contributed by atoms with Gasteiger partial charge in [0.25, 0.3) is 0 Å². The number of pyridine rings is 1. The largest absolute Gasteiger partial charge is 0.465 e. The number of hydrogen-bond acceptors (Lipinski definition) is 7. The summed E-state index contributed by atoms with van der Waals surface area (Å²) in [5.74, 6) is -0.837. The Kier molecular flexibility index (Phi) is 5.16. The van der Waals surface area contributed by atoms with E-state index < -0.39 is 26.8 Å². The second-order valence-electron chi connectivity index (χ2n) is 3.44. The standard InChI is InChI=1S/C8H11N5O6S/c14-8(15)9-3-4-20(18,19)12-11-6-1-2-7(10-5-6)13(16)17/h1-2,5,9,11-12H,3-4H2,(H,14,15). The number of aromatic nitrogens is 1. The van der Waals surface area contributed by atoms with Crippen molar-refractivity contribution in [2.45, 2.75) is 0 Å². The molecule has 0 aliphatic heterocycles. The van der Waals surface area contributed by atoms with Crippen LogP contribution < -0.4 is 15.6 Å². The van der Waals surface area contributed by atoms with Gasteiger partial charge in [0.1, 0.15) is 0 Å². The number of anilines is 1. The van der Waals surface area contributed by atoms with Crippen molar-refractivity contribution in [3.8, 4) is 0 Å². The summed E-state index contributed by atoms with van der Waals surface area (Å²) in [5, 5.41) is 20.5. The molecule has 0 radical (unpaired) electrons. The van der Waals surface area contributed by atoms with Crippen molar-refractivity contribution < 1.29 is 23.2 Å². The molecule has 0 unspecified atom stereocenters. The SMILES string of the molecule is O=C(O)NCCS(=O)(=O)NNc1ccc([N+](=O)[O-])nc1. The van der Waals surface area contributed by atoms with Gasteiger partial charge in [0.05, 0.1) is 11.4 Å². The van der Waals surface area contributed by atoms with Gasteiger partial charge in [-0.1, -0.05) is 0 Å². The maximum atomic E-state index is 11.4. The predicted molar refractivity (Wildman–Crippen MR) is 67.5 cm³/mol. The maximum Gasteiger partial charge on any atom is 0.404 e. The molecule has 4 N–H and O–H groups in total. The molecular weight excluding hydrogens is 294 g/mol. The Morgan fingerprint density at radius 1 is 1.45 bits per heavy atom. The van der Waals surface area contributed by atoms with Crippen LogP contribution in [-0.4, -0.2) is 41.8 Å². The number of amides is 1. The van der Waals surface area contributed by atoms with E-state index in [9.17, 15) is 23.3 Å². The zero-order valence-corrected chi connectivity index (χ0v) is 10.8. The van der Waals surface area contributed by atoms with Crippen molar-refractivity contribution in [1.29, 1.82) is 0 Å². The number of carbonyl (C=O) groups is 1. The number of hydrogen-bond donors (Lipinski definition) is 4. The summed E-state index contributed by atoms with van der Waals surface area (Å²) >= 11 is 0. The van der Waals surface area contributed by atoms with Crippen LogP contribution in [0.4, 0.5) is 16.3 Å². The van der Waals surface area contributed by atoms with E-state index >= 15 is 0 Å². The molecule has 1 heterocycles. The molecule has 0 spiro atoms. The minimum atomic E-state index is -3.75. The number of rotatable bonds is 7. The van der Waals surface area contributed by atoms with Gasteiger partial charge in [-0.25, -0.2) is 13.2 Å². The first kappa shape index (κ1) is 15.6. The van der Waals surface area contributed by atoms with Crippen LogP contribution in [0, 0.1) is 10.1 Å². The Morgan fingerprint density at radius 3 is 2.65 bits per heavy atom. The average Bonchev–Trinajstić information content (AvgIpc) is 2.36. The van der Waals surface area contributed by atoms with E-state index in [-0.39, 0.29) is 18.1 Å². The second-order valence-corrected chi connectivity index (χ2v) is 5.28. The molecule has 20 heavy (non-hydrogen) atoms. The molecule has 1 aromatic heterocycles. The van der Waals surface area contributed by atoms with E-state index in [1.54, 1.807) is 0 Å². The van der Waals surface area contributed by atoms with Crippen LogP contribution >= 0.6 is 0 Å². The van der Waals surface area contributed by atoms with Crippen LogP contribution in [-0.2, 0) is 10.0 Å².